The second-order valence-electron chi connectivity index (χ2n) is 6.56. The van der Waals surface area contributed by atoms with E-state index in [9.17, 15) is 18.4 Å². The smallest absolute Gasteiger partial charge is 0.229 e. The van der Waals surface area contributed by atoms with Crippen LogP contribution in [0.3, 0.4) is 0 Å². The minimum Gasteiger partial charge on any atom is -0.351 e. The maximum absolute atomic E-state index is 13.9. The number of nitrogens with zero attached hydrogens (tertiary/aromatic N) is 1. The highest BCUT2D eigenvalue weighted by Gasteiger charge is 2.36. The minimum atomic E-state index is -0.775. The topological polar surface area (TPSA) is 61.4 Å². The minimum absolute atomic E-state index is 0.0556. The van der Waals surface area contributed by atoms with E-state index in [1.165, 1.54) is 6.07 Å². The van der Waals surface area contributed by atoms with Gasteiger partial charge in [-0.05, 0) is 38.4 Å². The molecule has 3 rings (SSSR count). The lowest BCUT2D eigenvalue weighted by atomic mass is 9.92. The molecule has 0 bridgehead atoms. The third-order valence-corrected chi connectivity index (χ3v) is 4.67. The largest absolute Gasteiger partial charge is 0.351 e. The van der Waals surface area contributed by atoms with Gasteiger partial charge in [-0.1, -0.05) is 6.07 Å². The predicted molar refractivity (Wildman–Crippen MR) is 85.4 cm³/mol. The number of para-hydroxylation sites is 1. The van der Waals surface area contributed by atoms with Gasteiger partial charge < -0.3 is 15.5 Å². The fourth-order valence-corrected chi connectivity index (χ4v) is 3.46. The van der Waals surface area contributed by atoms with Gasteiger partial charge in [0.1, 0.15) is 17.3 Å². The number of hydrogen-bond donors (Lipinski definition) is 2. The third kappa shape index (κ3) is 3.40. The van der Waals surface area contributed by atoms with Crippen molar-refractivity contribution < 1.29 is 18.4 Å². The van der Waals surface area contributed by atoms with Crippen LogP contribution in [0.25, 0.3) is 0 Å². The maximum atomic E-state index is 13.9. The third-order valence-electron chi connectivity index (χ3n) is 4.67. The highest BCUT2D eigenvalue weighted by atomic mass is 19.1. The Labute approximate surface area is 139 Å². The first-order valence-electron chi connectivity index (χ1n) is 8.24. The molecule has 24 heavy (non-hydrogen) atoms. The molecule has 0 radical (unpaired) electrons. The van der Waals surface area contributed by atoms with E-state index in [1.807, 2.05) is 6.92 Å². The molecule has 5 nitrogen and oxygen atoms in total. The van der Waals surface area contributed by atoms with Crippen molar-refractivity contribution >= 4 is 17.5 Å². The second-order valence-corrected chi connectivity index (χ2v) is 6.56. The molecule has 0 aromatic heterocycles. The fraction of sp³-hybridized carbons (Fsp3) is 0.529. The predicted octanol–water partition coefficient (Wildman–Crippen LogP) is 1.57. The first-order valence-corrected chi connectivity index (χ1v) is 8.24. The number of nitrogens with one attached hydrogen (secondary N) is 2. The van der Waals surface area contributed by atoms with Crippen molar-refractivity contribution in [3.63, 3.8) is 0 Å². The van der Waals surface area contributed by atoms with E-state index in [0.717, 1.165) is 36.4 Å². The molecular formula is C17H21F2N3O2. The Kier molecular flexibility index (Phi) is 4.80. The zero-order valence-electron chi connectivity index (χ0n) is 13.5. The van der Waals surface area contributed by atoms with Gasteiger partial charge in [-0.25, -0.2) is 8.78 Å². The Balaban J connectivity index is 1.66. The lowest BCUT2D eigenvalue weighted by molar-refractivity contribution is -0.126. The number of amides is 2. The molecule has 1 aromatic rings. The molecule has 1 unspecified atom stereocenters. The highest BCUT2D eigenvalue weighted by molar-refractivity contribution is 5.97. The number of carbonyl (C=O) groups excluding carboxylic acids is 2. The van der Waals surface area contributed by atoms with Crippen molar-refractivity contribution in [3.8, 4) is 0 Å². The zero-order valence-corrected chi connectivity index (χ0v) is 13.5. The molecule has 130 valence electrons. The monoisotopic (exact) mass is 337 g/mol. The summed E-state index contributed by atoms with van der Waals surface area (Å²) >= 11 is 0. The van der Waals surface area contributed by atoms with Crippen molar-refractivity contribution in [2.75, 3.05) is 18.0 Å². The Hall–Kier alpha value is -2.02. The molecule has 7 heteroatoms. The van der Waals surface area contributed by atoms with Gasteiger partial charge in [0.15, 0.2) is 0 Å². The number of halogens is 2. The Morgan fingerprint density at radius 2 is 2.04 bits per heavy atom. The lowest BCUT2D eigenvalue weighted by Gasteiger charge is -2.28. The first-order chi connectivity index (χ1) is 11.5. The zero-order chi connectivity index (χ0) is 17.3. The standard InChI is InChI=1S/C17H21F2N3O2/c1-10-7-11(5-6-20-10)17(24)21-12-8-15(23)22(9-12)16-13(18)3-2-4-14(16)19/h2-4,10-12,20H,5-9H2,1H3,(H,21,24)/t10-,11-,12?/m0/s1. The van der Waals surface area contributed by atoms with Crippen LogP contribution in [-0.2, 0) is 9.59 Å². The van der Waals surface area contributed by atoms with Crippen molar-refractivity contribution in [2.24, 2.45) is 5.92 Å². The van der Waals surface area contributed by atoms with Crippen LogP contribution in [-0.4, -0.2) is 37.0 Å². The van der Waals surface area contributed by atoms with Crippen LogP contribution < -0.4 is 15.5 Å². The summed E-state index contributed by atoms with van der Waals surface area (Å²) in [6, 6.07) is 3.35. The fourth-order valence-electron chi connectivity index (χ4n) is 3.46. The van der Waals surface area contributed by atoms with E-state index in [-0.39, 0.29) is 42.4 Å². The molecule has 1 aromatic carbocycles. The van der Waals surface area contributed by atoms with Gasteiger partial charge in [0, 0.05) is 24.9 Å². The van der Waals surface area contributed by atoms with Crippen LogP contribution in [0.4, 0.5) is 14.5 Å². The molecule has 2 amide bonds. The normalized spacial score (nSPS) is 27.4. The molecule has 2 N–H and O–H groups in total. The van der Waals surface area contributed by atoms with Crippen LogP contribution in [0.15, 0.2) is 18.2 Å². The summed E-state index contributed by atoms with van der Waals surface area (Å²) in [5.41, 5.74) is -0.338. The molecule has 0 saturated carbocycles. The Morgan fingerprint density at radius 3 is 2.71 bits per heavy atom. The van der Waals surface area contributed by atoms with E-state index in [0.29, 0.717) is 0 Å². The summed E-state index contributed by atoms with van der Waals surface area (Å²) in [5, 5.41) is 6.15. The molecule has 3 atom stereocenters. The Morgan fingerprint density at radius 1 is 1.33 bits per heavy atom. The summed E-state index contributed by atoms with van der Waals surface area (Å²) in [5.74, 6) is -2.11. The van der Waals surface area contributed by atoms with Crippen LogP contribution in [0.5, 0.6) is 0 Å². The summed E-state index contributed by atoms with van der Waals surface area (Å²) in [6.45, 7) is 2.90. The molecular weight excluding hydrogens is 316 g/mol. The molecule has 2 aliphatic rings. The van der Waals surface area contributed by atoms with E-state index >= 15 is 0 Å². The van der Waals surface area contributed by atoms with Gasteiger partial charge in [0.25, 0.3) is 0 Å². The van der Waals surface area contributed by atoms with Crippen LogP contribution in [0.2, 0.25) is 0 Å². The molecule has 2 heterocycles. The summed E-state index contributed by atoms with van der Waals surface area (Å²) in [7, 11) is 0. The molecule has 2 saturated heterocycles. The van der Waals surface area contributed by atoms with Gasteiger partial charge in [-0.3, -0.25) is 9.59 Å². The second kappa shape index (κ2) is 6.84. The quantitative estimate of drug-likeness (QED) is 0.880. The average Bonchev–Trinajstić information content (AvgIpc) is 2.87. The van der Waals surface area contributed by atoms with E-state index in [2.05, 4.69) is 10.6 Å². The van der Waals surface area contributed by atoms with Crippen molar-refractivity contribution in [1.82, 2.24) is 10.6 Å². The summed E-state index contributed by atoms with van der Waals surface area (Å²) in [6.07, 6.45) is 1.56. The number of carbonyl (C=O) groups is 2. The maximum Gasteiger partial charge on any atom is 0.229 e. The van der Waals surface area contributed by atoms with Crippen molar-refractivity contribution in [3.05, 3.63) is 29.8 Å². The van der Waals surface area contributed by atoms with Gasteiger partial charge in [-0.2, -0.15) is 0 Å². The summed E-state index contributed by atoms with van der Waals surface area (Å²) in [4.78, 5) is 25.6. The van der Waals surface area contributed by atoms with E-state index in [1.54, 1.807) is 0 Å². The SMILES string of the molecule is C[C@H]1C[C@@H](C(=O)NC2CC(=O)N(c3c(F)cccc3F)C2)CCN1. The van der Waals surface area contributed by atoms with Gasteiger partial charge in [0.2, 0.25) is 11.8 Å². The summed E-state index contributed by atoms with van der Waals surface area (Å²) < 4.78 is 27.7. The number of hydrogen-bond acceptors (Lipinski definition) is 3. The number of anilines is 1. The van der Waals surface area contributed by atoms with Gasteiger partial charge in [0.05, 0.1) is 6.04 Å². The number of benzene rings is 1. The van der Waals surface area contributed by atoms with E-state index < -0.39 is 17.7 Å². The van der Waals surface area contributed by atoms with Crippen LogP contribution >= 0.6 is 0 Å². The molecule has 0 aliphatic carbocycles. The van der Waals surface area contributed by atoms with E-state index in [4.69, 9.17) is 0 Å². The average molecular weight is 337 g/mol. The highest BCUT2D eigenvalue weighted by Crippen LogP contribution is 2.28. The number of piperidine rings is 1. The van der Waals surface area contributed by atoms with Gasteiger partial charge in [-0.15, -0.1) is 0 Å². The lowest BCUT2D eigenvalue weighted by Crippen LogP contribution is -2.46. The Bertz CT molecular complexity index is 632. The number of rotatable bonds is 3. The molecule has 2 aliphatic heterocycles. The first kappa shape index (κ1) is 16.8. The molecule has 2 fully saturated rings. The van der Waals surface area contributed by atoms with Crippen molar-refractivity contribution in [2.45, 2.75) is 38.3 Å². The van der Waals surface area contributed by atoms with Crippen LogP contribution in [0, 0.1) is 17.6 Å². The van der Waals surface area contributed by atoms with Crippen LogP contribution in [0.1, 0.15) is 26.2 Å². The molecule has 0 spiro atoms. The van der Waals surface area contributed by atoms with Gasteiger partial charge >= 0.3 is 0 Å². The van der Waals surface area contributed by atoms with Crippen molar-refractivity contribution in [1.29, 1.82) is 0 Å².